The maximum atomic E-state index is 10.6. The molecule has 2 N–H and O–H groups in total. The summed E-state index contributed by atoms with van der Waals surface area (Å²) in [6, 6.07) is 3.90. The molecule has 0 aromatic heterocycles. The minimum absolute atomic E-state index is 0.307. The average molecular weight is 265 g/mol. The van der Waals surface area contributed by atoms with Crippen LogP contribution in [0.25, 0.3) is 0 Å². The Morgan fingerprint density at radius 1 is 1.32 bits per heavy atom. The lowest BCUT2D eigenvalue weighted by atomic mass is 9.81. The third-order valence-electron chi connectivity index (χ3n) is 3.30. The maximum Gasteiger partial charge on any atom is 0.404 e. The van der Waals surface area contributed by atoms with Gasteiger partial charge in [0, 0.05) is 12.0 Å². The molecule has 1 amide bonds. The van der Waals surface area contributed by atoms with Crippen LogP contribution in [0.15, 0.2) is 12.1 Å². The molecule has 5 heteroatoms. The molecule has 0 spiro atoms. The van der Waals surface area contributed by atoms with Crippen molar-refractivity contribution >= 4 is 6.09 Å². The van der Waals surface area contributed by atoms with Crippen molar-refractivity contribution in [1.82, 2.24) is 5.32 Å². The highest BCUT2D eigenvalue weighted by atomic mass is 16.6. The van der Waals surface area contributed by atoms with E-state index in [1.54, 1.807) is 0 Å². The molecule has 0 fully saturated rings. The van der Waals surface area contributed by atoms with Crippen LogP contribution in [-0.4, -0.2) is 31.0 Å². The number of fused-ring (bicyclic) bond motifs is 1. The summed E-state index contributed by atoms with van der Waals surface area (Å²) < 4.78 is 11.1. The van der Waals surface area contributed by atoms with E-state index in [9.17, 15) is 4.79 Å². The average Bonchev–Trinajstić information content (AvgIpc) is 2.35. The summed E-state index contributed by atoms with van der Waals surface area (Å²) in [5.41, 5.74) is 1.82. The van der Waals surface area contributed by atoms with Crippen LogP contribution in [0.5, 0.6) is 11.5 Å². The first-order valence-electron chi connectivity index (χ1n) is 6.28. The molecular formula is C14H19NO4. The number of aryl methyl sites for hydroxylation is 1. The number of carboxylic acid groups (broad SMARTS) is 1. The van der Waals surface area contributed by atoms with Crippen molar-refractivity contribution in [2.45, 2.75) is 26.2 Å². The monoisotopic (exact) mass is 265 g/mol. The molecule has 2 rings (SSSR count). The summed E-state index contributed by atoms with van der Waals surface area (Å²) >= 11 is 0. The number of ether oxygens (including phenoxy) is 2. The molecule has 1 heterocycles. The summed E-state index contributed by atoms with van der Waals surface area (Å²) in [5.74, 6) is 1.49. The standard InChI is InChI=1S/C14H19NO4/c1-9-6-11-12(19-5-4-18-11)7-10(9)14(2,3)8-15-13(16)17/h6-7,15H,4-5,8H2,1-3H3,(H,16,17). The topological polar surface area (TPSA) is 67.8 Å². The zero-order valence-corrected chi connectivity index (χ0v) is 11.4. The molecule has 1 aliphatic heterocycles. The third-order valence-corrected chi connectivity index (χ3v) is 3.30. The van der Waals surface area contributed by atoms with Crippen molar-refractivity contribution in [3.05, 3.63) is 23.3 Å². The predicted molar refractivity (Wildman–Crippen MR) is 71.2 cm³/mol. The summed E-state index contributed by atoms with van der Waals surface area (Å²) in [6.45, 7) is 7.46. The molecule has 5 nitrogen and oxygen atoms in total. The first kappa shape index (κ1) is 13.5. The van der Waals surface area contributed by atoms with Gasteiger partial charge in [-0.05, 0) is 30.2 Å². The highest BCUT2D eigenvalue weighted by Crippen LogP contribution is 2.37. The molecule has 0 aliphatic carbocycles. The first-order chi connectivity index (χ1) is 8.90. The van der Waals surface area contributed by atoms with E-state index in [-0.39, 0.29) is 5.41 Å². The van der Waals surface area contributed by atoms with E-state index in [4.69, 9.17) is 14.6 Å². The zero-order chi connectivity index (χ0) is 14.0. The van der Waals surface area contributed by atoms with Gasteiger partial charge in [-0.15, -0.1) is 0 Å². The van der Waals surface area contributed by atoms with Crippen molar-refractivity contribution < 1.29 is 19.4 Å². The van der Waals surface area contributed by atoms with Crippen LogP contribution < -0.4 is 14.8 Å². The normalized spacial score (nSPS) is 14.1. The maximum absolute atomic E-state index is 10.6. The van der Waals surface area contributed by atoms with Gasteiger partial charge in [-0.3, -0.25) is 0 Å². The highest BCUT2D eigenvalue weighted by Gasteiger charge is 2.26. The molecule has 0 atom stereocenters. The molecular weight excluding hydrogens is 246 g/mol. The second-order valence-corrected chi connectivity index (χ2v) is 5.35. The molecule has 1 aliphatic rings. The van der Waals surface area contributed by atoms with Gasteiger partial charge in [-0.25, -0.2) is 4.79 Å². The van der Waals surface area contributed by atoms with Gasteiger partial charge in [0.05, 0.1) is 0 Å². The zero-order valence-electron chi connectivity index (χ0n) is 11.4. The van der Waals surface area contributed by atoms with E-state index in [1.165, 1.54) is 0 Å². The Morgan fingerprint density at radius 3 is 2.47 bits per heavy atom. The number of nitrogens with one attached hydrogen (secondary N) is 1. The Balaban J connectivity index is 2.30. The van der Waals surface area contributed by atoms with Crippen LogP contribution >= 0.6 is 0 Å². The lowest BCUT2D eigenvalue weighted by Gasteiger charge is -2.29. The van der Waals surface area contributed by atoms with E-state index >= 15 is 0 Å². The van der Waals surface area contributed by atoms with Gasteiger partial charge in [-0.1, -0.05) is 13.8 Å². The highest BCUT2D eigenvalue weighted by molar-refractivity contribution is 5.64. The summed E-state index contributed by atoms with van der Waals surface area (Å²) in [6.07, 6.45) is -1.01. The Kier molecular flexibility index (Phi) is 3.55. The van der Waals surface area contributed by atoms with Crippen LogP contribution in [0.1, 0.15) is 25.0 Å². The van der Waals surface area contributed by atoms with Gasteiger partial charge in [0.1, 0.15) is 13.2 Å². The number of amides is 1. The fourth-order valence-electron chi connectivity index (χ4n) is 2.31. The minimum atomic E-state index is -1.01. The fraction of sp³-hybridized carbons (Fsp3) is 0.500. The van der Waals surface area contributed by atoms with Crippen LogP contribution in [0.3, 0.4) is 0 Å². The van der Waals surface area contributed by atoms with E-state index in [2.05, 4.69) is 5.32 Å². The minimum Gasteiger partial charge on any atom is -0.486 e. The Bertz CT molecular complexity index is 496. The molecule has 1 aromatic rings. The Hall–Kier alpha value is -1.91. The lowest BCUT2D eigenvalue weighted by Crippen LogP contribution is -2.36. The molecule has 1 aromatic carbocycles. The molecule has 0 saturated heterocycles. The van der Waals surface area contributed by atoms with Crippen molar-refractivity contribution in [3.63, 3.8) is 0 Å². The number of rotatable bonds is 3. The van der Waals surface area contributed by atoms with Crippen molar-refractivity contribution in [1.29, 1.82) is 0 Å². The van der Waals surface area contributed by atoms with Gasteiger partial charge < -0.3 is 19.9 Å². The number of hydrogen-bond donors (Lipinski definition) is 2. The SMILES string of the molecule is Cc1cc2c(cc1C(C)(C)CNC(=O)O)OCCO2. The van der Waals surface area contributed by atoms with Crippen LogP contribution in [-0.2, 0) is 5.41 Å². The molecule has 0 unspecified atom stereocenters. The summed E-state index contributed by atoms with van der Waals surface area (Å²) in [7, 11) is 0. The lowest BCUT2D eigenvalue weighted by molar-refractivity contribution is 0.171. The molecule has 0 saturated carbocycles. The predicted octanol–water partition coefficient (Wildman–Crippen LogP) is 2.31. The van der Waals surface area contributed by atoms with Crippen molar-refractivity contribution in [2.75, 3.05) is 19.8 Å². The summed E-state index contributed by atoms with van der Waals surface area (Å²) in [4.78, 5) is 10.6. The third kappa shape index (κ3) is 2.92. The van der Waals surface area contributed by atoms with Gasteiger partial charge >= 0.3 is 6.09 Å². The van der Waals surface area contributed by atoms with Crippen molar-refractivity contribution in [3.8, 4) is 11.5 Å². The van der Waals surface area contributed by atoms with Crippen LogP contribution in [0.4, 0.5) is 4.79 Å². The Morgan fingerprint density at radius 2 is 1.89 bits per heavy atom. The molecule has 0 radical (unpaired) electrons. The van der Waals surface area contributed by atoms with Gasteiger partial charge in [-0.2, -0.15) is 0 Å². The first-order valence-corrected chi connectivity index (χ1v) is 6.28. The van der Waals surface area contributed by atoms with Crippen LogP contribution in [0.2, 0.25) is 0 Å². The van der Waals surface area contributed by atoms with Crippen LogP contribution in [0, 0.1) is 6.92 Å². The second-order valence-electron chi connectivity index (χ2n) is 5.35. The van der Waals surface area contributed by atoms with Gasteiger partial charge in [0.15, 0.2) is 11.5 Å². The van der Waals surface area contributed by atoms with Gasteiger partial charge in [0.2, 0.25) is 0 Å². The van der Waals surface area contributed by atoms with E-state index in [0.717, 1.165) is 22.6 Å². The smallest absolute Gasteiger partial charge is 0.404 e. The van der Waals surface area contributed by atoms with Crippen molar-refractivity contribution in [2.24, 2.45) is 0 Å². The number of hydrogen-bond acceptors (Lipinski definition) is 3. The second kappa shape index (κ2) is 4.99. The fourth-order valence-corrected chi connectivity index (χ4v) is 2.31. The number of benzene rings is 1. The van der Waals surface area contributed by atoms with E-state index in [0.29, 0.717) is 19.8 Å². The van der Waals surface area contributed by atoms with Gasteiger partial charge in [0.25, 0.3) is 0 Å². The molecule has 0 bridgehead atoms. The van der Waals surface area contributed by atoms with E-state index in [1.807, 2.05) is 32.9 Å². The van der Waals surface area contributed by atoms with E-state index < -0.39 is 6.09 Å². The largest absolute Gasteiger partial charge is 0.486 e. The number of carbonyl (C=O) groups is 1. The molecule has 19 heavy (non-hydrogen) atoms. The summed E-state index contributed by atoms with van der Waals surface area (Å²) in [5, 5.41) is 11.2. The molecule has 104 valence electrons. The Labute approximate surface area is 112 Å². The quantitative estimate of drug-likeness (QED) is 0.880.